The Morgan fingerprint density at radius 3 is 2.71 bits per heavy atom. The Balaban J connectivity index is 1.89. The third-order valence-corrected chi connectivity index (χ3v) is 5.43. The molecule has 1 aliphatic carbocycles. The number of rotatable bonds is 4. The van der Waals surface area contributed by atoms with Gasteiger partial charge in [-0.25, -0.2) is 27.0 Å². The Morgan fingerprint density at radius 1 is 1.21 bits per heavy atom. The van der Waals surface area contributed by atoms with Crippen LogP contribution in [0.4, 0.5) is 8.78 Å². The number of aryl methyl sites for hydroxylation is 1. The summed E-state index contributed by atoms with van der Waals surface area (Å²) in [5, 5.41) is 6.35. The molecule has 128 valence electrons. The Hall–Kier alpha value is -2.13. The summed E-state index contributed by atoms with van der Waals surface area (Å²) in [6.45, 7) is -0.278. The Labute approximate surface area is 137 Å². The lowest BCUT2D eigenvalue weighted by Gasteiger charge is -2.17. The van der Waals surface area contributed by atoms with Crippen molar-refractivity contribution in [3.63, 3.8) is 0 Å². The van der Waals surface area contributed by atoms with Crippen LogP contribution >= 0.6 is 0 Å². The third kappa shape index (κ3) is 3.22. The van der Waals surface area contributed by atoms with Gasteiger partial charge in [0, 0.05) is 18.2 Å². The molecule has 0 aliphatic heterocycles. The van der Waals surface area contributed by atoms with E-state index in [-0.39, 0.29) is 12.1 Å². The minimum atomic E-state index is -4.21. The van der Waals surface area contributed by atoms with E-state index < -0.39 is 32.1 Å². The van der Waals surface area contributed by atoms with Crippen LogP contribution in [0.3, 0.4) is 0 Å². The standard InChI is InChI=1S/C15H15F2N3O3S/c16-9-5-6-14(12(17)7-9)24(22,23)18-8-11-10-3-1-2-4-13(10)19-20-15(11)21/h5-7,18H,1-4,8H2,(H,20,21). The zero-order valence-corrected chi connectivity index (χ0v) is 13.4. The van der Waals surface area contributed by atoms with E-state index in [0.717, 1.165) is 42.7 Å². The molecule has 2 aromatic rings. The van der Waals surface area contributed by atoms with E-state index in [1.807, 2.05) is 0 Å². The number of sulfonamides is 1. The summed E-state index contributed by atoms with van der Waals surface area (Å²) in [4.78, 5) is 11.3. The second-order valence-electron chi connectivity index (χ2n) is 5.56. The molecule has 0 spiro atoms. The first-order chi connectivity index (χ1) is 11.4. The highest BCUT2D eigenvalue weighted by Crippen LogP contribution is 2.21. The highest BCUT2D eigenvalue weighted by molar-refractivity contribution is 7.89. The summed E-state index contributed by atoms with van der Waals surface area (Å²) in [5.41, 5.74) is 1.30. The molecule has 0 saturated carbocycles. The van der Waals surface area contributed by atoms with Crippen LogP contribution < -0.4 is 10.3 Å². The molecule has 1 heterocycles. The fourth-order valence-electron chi connectivity index (χ4n) is 2.79. The van der Waals surface area contributed by atoms with Crippen LogP contribution in [0.5, 0.6) is 0 Å². The zero-order valence-electron chi connectivity index (χ0n) is 12.6. The fraction of sp³-hybridized carbons (Fsp3) is 0.333. The summed E-state index contributed by atoms with van der Waals surface area (Å²) in [7, 11) is -4.21. The van der Waals surface area contributed by atoms with Gasteiger partial charge in [0.05, 0.1) is 5.69 Å². The van der Waals surface area contributed by atoms with Gasteiger partial charge in [0.1, 0.15) is 16.5 Å². The summed E-state index contributed by atoms with van der Waals surface area (Å²) in [6.07, 6.45) is 3.22. The Morgan fingerprint density at radius 2 is 1.96 bits per heavy atom. The Kier molecular flexibility index (Phi) is 4.46. The van der Waals surface area contributed by atoms with Gasteiger partial charge in [-0.3, -0.25) is 4.79 Å². The lowest BCUT2D eigenvalue weighted by Crippen LogP contribution is -2.30. The van der Waals surface area contributed by atoms with Crippen LogP contribution in [-0.2, 0) is 29.4 Å². The number of benzene rings is 1. The van der Waals surface area contributed by atoms with E-state index in [9.17, 15) is 22.0 Å². The van der Waals surface area contributed by atoms with E-state index in [0.29, 0.717) is 12.5 Å². The van der Waals surface area contributed by atoms with E-state index in [2.05, 4.69) is 14.9 Å². The first-order valence-electron chi connectivity index (χ1n) is 7.42. The average Bonchev–Trinajstić information content (AvgIpc) is 2.53. The maximum absolute atomic E-state index is 13.7. The number of aromatic nitrogens is 2. The molecule has 24 heavy (non-hydrogen) atoms. The van der Waals surface area contributed by atoms with E-state index >= 15 is 0 Å². The van der Waals surface area contributed by atoms with Crippen LogP contribution in [0.2, 0.25) is 0 Å². The number of fused-ring (bicyclic) bond motifs is 1. The number of halogens is 2. The summed E-state index contributed by atoms with van der Waals surface area (Å²) < 4.78 is 53.2. The fourth-order valence-corrected chi connectivity index (χ4v) is 3.84. The Bertz CT molecular complexity index is 941. The van der Waals surface area contributed by atoms with Gasteiger partial charge in [0.15, 0.2) is 0 Å². The van der Waals surface area contributed by atoms with Crippen LogP contribution in [0.1, 0.15) is 29.7 Å². The minimum Gasteiger partial charge on any atom is -0.268 e. The first-order valence-corrected chi connectivity index (χ1v) is 8.91. The number of hydrogen-bond donors (Lipinski definition) is 2. The van der Waals surface area contributed by atoms with Crippen LogP contribution in [0.25, 0.3) is 0 Å². The number of H-pyrrole nitrogens is 1. The third-order valence-electron chi connectivity index (χ3n) is 3.99. The smallest absolute Gasteiger partial charge is 0.268 e. The van der Waals surface area contributed by atoms with Crippen molar-refractivity contribution in [2.45, 2.75) is 37.1 Å². The molecule has 0 saturated heterocycles. The molecular formula is C15H15F2N3O3S. The van der Waals surface area contributed by atoms with Crippen LogP contribution in [0, 0.1) is 11.6 Å². The van der Waals surface area contributed by atoms with E-state index in [1.165, 1.54) is 0 Å². The van der Waals surface area contributed by atoms with Gasteiger partial charge < -0.3 is 0 Å². The van der Waals surface area contributed by atoms with E-state index in [1.54, 1.807) is 0 Å². The van der Waals surface area contributed by atoms with Crippen molar-refractivity contribution in [3.05, 3.63) is 57.0 Å². The molecule has 0 unspecified atom stereocenters. The molecule has 0 fully saturated rings. The molecular weight excluding hydrogens is 340 g/mol. The van der Waals surface area contributed by atoms with Gasteiger partial charge in [-0.15, -0.1) is 0 Å². The molecule has 1 aliphatic rings. The predicted octanol–water partition coefficient (Wildman–Crippen LogP) is 1.41. The van der Waals surface area contributed by atoms with Gasteiger partial charge in [-0.2, -0.15) is 5.10 Å². The SMILES string of the molecule is O=c1[nH]nc2c(c1CNS(=O)(=O)c1ccc(F)cc1F)CCCC2. The lowest BCUT2D eigenvalue weighted by atomic mass is 9.93. The molecule has 3 rings (SSSR count). The summed E-state index contributed by atoms with van der Waals surface area (Å²) in [6, 6.07) is 2.20. The van der Waals surface area contributed by atoms with Crippen molar-refractivity contribution < 1.29 is 17.2 Å². The number of nitrogens with zero attached hydrogens (tertiary/aromatic N) is 1. The molecule has 0 bridgehead atoms. The lowest BCUT2D eigenvalue weighted by molar-refractivity contribution is 0.542. The highest BCUT2D eigenvalue weighted by atomic mass is 32.2. The molecule has 1 aromatic heterocycles. The summed E-state index contributed by atoms with van der Waals surface area (Å²) in [5.74, 6) is -2.06. The van der Waals surface area contributed by atoms with Gasteiger partial charge in [0.25, 0.3) is 5.56 Å². The molecule has 0 atom stereocenters. The maximum atomic E-state index is 13.7. The topological polar surface area (TPSA) is 91.9 Å². The van der Waals surface area contributed by atoms with Crippen molar-refractivity contribution in [2.24, 2.45) is 0 Å². The monoisotopic (exact) mass is 355 g/mol. The van der Waals surface area contributed by atoms with Gasteiger partial charge in [0.2, 0.25) is 10.0 Å². The average molecular weight is 355 g/mol. The first kappa shape index (κ1) is 16.7. The van der Waals surface area contributed by atoms with Crippen molar-refractivity contribution in [1.82, 2.24) is 14.9 Å². The zero-order chi connectivity index (χ0) is 17.3. The number of nitrogens with one attached hydrogen (secondary N) is 2. The van der Waals surface area contributed by atoms with Gasteiger partial charge >= 0.3 is 0 Å². The van der Waals surface area contributed by atoms with Crippen molar-refractivity contribution in [1.29, 1.82) is 0 Å². The number of aromatic amines is 1. The molecule has 6 nitrogen and oxygen atoms in total. The summed E-state index contributed by atoms with van der Waals surface area (Å²) >= 11 is 0. The quantitative estimate of drug-likeness (QED) is 0.867. The normalized spacial score (nSPS) is 14.4. The predicted molar refractivity (Wildman–Crippen MR) is 81.9 cm³/mol. The molecule has 0 amide bonds. The van der Waals surface area contributed by atoms with Gasteiger partial charge in [-0.1, -0.05) is 0 Å². The largest absolute Gasteiger partial charge is 0.268 e. The second kappa shape index (κ2) is 6.40. The van der Waals surface area contributed by atoms with Crippen LogP contribution in [0.15, 0.2) is 27.9 Å². The number of hydrogen-bond acceptors (Lipinski definition) is 4. The second-order valence-corrected chi connectivity index (χ2v) is 7.30. The van der Waals surface area contributed by atoms with Crippen molar-refractivity contribution in [2.75, 3.05) is 0 Å². The van der Waals surface area contributed by atoms with Crippen LogP contribution in [-0.4, -0.2) is 18.6 Å². The van der Waals surface area contributed by atoms with Gasteiger partial charge in [-0.05, 0) is 43.4 Å². The molecule has 1 aromatic carbocycles. The minimum absolute atomic E-state index is 0.278. The molecule has 0 radical (unpaired) electrons. The van der Waals surface area contributed by atoms with Crippen molar-refractivity contribution in [3.8, 4) is 0 Å². The molecule has 9 heteroatoms. The van der Waals surface area contributed by atoms with Crippen molar-refractivity contribution >= 4 is 10.0 Å². The molecule has 2 N–H and O–H groups in total. The van der Waals surface area contributed by atoms with E-state index in [4.69, 9.17) is 0 Å². The highest BCUT2D eigenvalue weighted by Gasteiger charge is 2.22. The maximum Gasteiger partial charge on any atom is 0.268 e.